The monoisotopic (exact) mass is 358 g/mol. The van der Waals surface area contributed by atoms with Gasteiger partial charge in [0.1, 0.15) is 5.75 Å². The molecule has 3 heteroatoms. The highest BCUT2D eigenvalue weighted by atomic mass is 16.5. The highest BCUT2D eigenvalue weighted by molar-refractivity contribution is 6.00. The second-order valence-electron chi connectivity index (χ2n) is 6.89. The molecular weight excluding hydrogens is 332 g/mol. The summed E-state index contributed by atoms with van der Waals surface area (Å²) in [4.78, 5) is 3.68. The number of hydrogen-bond donors (Lipinski definition) is 2. The number of fused-ring (bicyclic) bond motifs is 2. The number of aryl methyl sites for hydroxylation is 1. The van der Waals surface area contributed by atoms with Gasteiger partial charge in [0.15, 0.2) is 0 Å². The summed E-state index contributed by atoms with van der Waals surface area (Å²) in [6, 6.07) is 21.4. The molecule has 1 heterocycles. The van der Waals surface area contributed by atoms with Crippen molar-refractivity contribution < 1.29 is 4.74 Å². The molecule has 0 aliphatic rings. The van der Waals surface area contributed by atoms with Crippen molar-refractivity contribution in [3.8, 4) is 17.0 Å². The maximum Gasteiger partial charge on any atom is 0.120 e. The summed E-state index contributed by atoms with van der Waals surface area (Å²) in [5.74, 6) is 0.925. The van der Waals surface area contributed by atoms with Gasteiger partial charge in [0.05, 0.1) is 12.3 Å². The number of nitrogens with two attached hydrogens (primary N) is 1. The second kappa shape index (κ2) is 7.85. The average Bonchev–Trinajstić information content (AvgIpc) is 3.06. The van der Waals surface area contributed by atoms with Gasteiger partial charge in [-0.2, -0.15) is 0 Å². The lowest BCUT2D eigenvalue weighted by molar-refractivity contribution is 0.340. The minimum Gasteiger partial charge on any atom is -0.494 e. The van der Waals surface area contributed by atoms with Gasteiger partial charge in [-0.1, -0.05) is 42.5 Å². The lowest BCUT2D eigenvalue weighted by atomic mass is 9.96. The Kier molecular flexibility index (Phi) is 5.12. The third kappa shape index (κ3) is 3.43. The minimum absolute atomic E-state index is 0.675. The zero-order valence-electron chi connectivity index (χ0n) is 15.8. The topological polar surface area (TPSA) is 51.0 Å². The molecular formula is C24H26N2O. The van der Waals surface area contributed by atoms with E-state index < -0.39 is 0 Å². The van der Waals surface area contributed by atoms with Gasteiger partial charge in [0.25, 0.3) is 0 Å². The molecule has 0 fully saturated rings. The van der Waals surface area contributed by atoms with Gasteiger partial charge in [0, 0.05) is 16.5 Å². The van der Waals surface area contributed by atoms with E-state index in [0.29, 0.717) is 6.61 Å². The highest BCUT2D eigenvalue weighted by Gasteiger charge is 2.15. The van der Waals surface area contributed by atoms with Crippen molar-refractivity contribution in [2.45, 2.75) is 26.2 Å². The SMILES string of the molecule is CCOc1ccc2[nH]c(-c3cccc4ccccc34)c(CCCCN)c2c1. The van der Waals surface area contributed by atoms with Crippen LogP contribution in [0, 0.1) is 0 Å². The first-order chi connectivity index (χ1) is 13.3. The zero-order chi connectivity index (χ0) is 18.6. The van der Waals surface area contributed by atoms with Crippen LogP contribution in [0.1, 0.15) is 25.3 Å². The number of ether oxygens (including phenoxy) is 1. The van der Waals surface area contributed by atoms with Crippen molar-refractivity contribution >= 4 is 21.7 Å². The van der Waals surface area contributed by atoms with Crippen LogP contribution in [-0.4, -0.2) is 18.1 Å². The van der Waals surface area contributed by atoms with Gasteiger partial charge in [0.2, 0.25) is 0 Å². The molecule has 0 amide bonds. The molecule has 3 N–H and O–H groups in total. The van der Waals surface area contributed by atoms with E-state index >= 15 is 0 Å². The fourth-order valence-corrected chi connectivity index (χ4v) is 3.86. The van der Waals surface area contributed by atoms with Crippen LogP contribution in [0.5, 0.6) is 5.75 Å². The number of unbranched alkanes of at least 4 members (excludes halogenated alkanes) is 1. The Hall–Kier alpha value is -2.78. The summed E-state index contributed by atoms with van der Waals surface area (Å²) in [6.45, 7) is 3.43. The largest absolute Gasteiger partial charge is 0.494 e. The Morgan fingerprint density at radius 1 is 0.926 bits per heavy atom. The summed E-state index contributed by atoms with van der Waals surface area (Å²) >= 11 is 0. The van der Waals surface area contributed by atoms with E-state index in [1.807, 2.05) is 13.0 Å². The summed E-state index contributed by atoms with van der Waals surface area (Å²) in [6.07, 6.45) is 3.12. The maximum atomic E-state index is 5.75. The lowest BCUT2D eigenvalue weighted by Gasteiger charge is -2.09. The first-order valence-electron chi connectivity index (χ1n) is 9.77. The first kappa shape index (κ1) is 17.6. The van der Waals surface area contributed by atoms with Crippen LogP contribution >= 0.6 is 0 Å². The fourth-order valence-electron chi connectivity index (χ4n) is 3.86. The Balaban J connectivity index is 1.91. The summed E-state index contributed by atoms with van der Waals surface area (Å²) in [5.41, 5.74) is 10.7. The van der Waals surface area contributed by atoms with Crippen LogP contribution in [0.25, 0.3) is 32.9 Å². The molecule has 0 atom stereocenters. The van der Waals surface area contributed by atoms with Gasteiger partial charge in [-0.05, 0) is 67.3 Å². The predicted octanol–water partition coefficient (Wildman–Crippen LogP) is 5.67. The molecule has 0 aliphatic carbocycles. The van der Waals surface area contributed by atoms with Crippen molar-refractivity contribution in [1.29, 1.82) is 0 Å². The number of aromatic nitrogens is 1. The zero-order valence-corrected chi connectivity index (χ0v) is 15.8. The molecule has 0 aliphatic heterocycles. The normalized spacial score (nSPS) is 11.3. The Morgan fingerprint density at radius 2 is 1.78 bits per heavy atom. The van der Waals surface area contributed by atoms with E-state index in [1.165, 1.54) is 33.0 Å². The summed E-state index contributed by atoms with van der Waals surface area (Å²) in [7, 11) is 0. The van der Waals surface area contributed by atoms with Crippen molar-refractivity contribution in [3.63, 3.8) is 0 Å². The molecule has 0 saturated heterocycles. The van der Waals surface area contributed by atoms with Gasteiger partial charge < -0.3 is 15.5 Å². The molecule has 3 nitrogen and oxygen atoms in total. The van der Waals surface area contributed by atoms with Crippen LogP contribution in [-0.2, 0) is 6.42 Å². The summed E-state index contributed by atoms with van der Waals surface area (Å²) < 4.78 is 5.75. The summed E-state index contributed by atoms with van der Waals surface area (Å²) in [5, 5.41) is 3.79. The van der Waals surface area contributed by atoms with Crippen LogP contribution in [0.4, 0.5) is 0 Å². The van der Waals surface area contributed by atoms with Crippen molar-refractivity contribution in [2.24, 2.45) is 5.73 Å². The van der Waals surface area contributed by atoms with Crippen LogP contribution < -0.4 is 10.5 Å². The number of H-pyrrole nitrogens is 1. The van der Waals surface area contributed by atoms with Crippen molar-refractivity contribution in [1.82, 2.24) is 4.98 Å². The van der Waals surface area contributed by atoms with E-state index in [9.17, 15) is 0 Å². The molecule has 1 aromatic heterocycles. The molecule has 0 unspecified atom stereocenters. The van der Waals surface area contributed by atoms with E-state index in [0.717, 1.165) is 37.1 Å². The lowest BCUT2D eigenvalue weighted by Crippen LogP contribution is -1.99. The maximum absolute atomic E-state index is 5.75. The molecule has 27 heavy (non-hydrogen) atoms. The highest BCUT2D eigenvalue weighted by Crippen LogP contribution is 2.36. The molecule has 0 bridgehead atoms. The second-order valence-corrected chi connectivity index (χ2v) is 6.89. The van der Waals surface area contributed by atoms with E-state index in [2.05, 4.69) is 59.6 Å². The first-order valence-corrected chi connectivity index (χ1v) is 9.77. The Bertz CT molecular complexity index is 1060. The number of aromatic amines is 1. The van der Waals surface area contributed by atoms with Gasteiger partial charge in [-0.25, -0.2) is 0 Å². The number of rotatable bonds is 7. The fraction of sp³-hybridized carbons (Fsp3) is 0.250. The third-order valence-corrected chi connectivity index (χ3v) is 5.13. The molecule has 138 valence electrons. The molecule has 4 rings (SSSR count). The molecule has 3 aromatic carbocycles. The van der Waals surface area contributed by atoms with Crippen molar-refractivity contribution in [3.05, 3.63) is 66.2 Å². The number of nitrogens with one attached hydrogen (secondary N) is 1. The molecule has 0 spiro atoms. The van der Waals surface area contributed by atoms with E-state index in [4.69, 9.17) is 10.5 Å². The van der Waals surface area contributed by atoms with Crippen molar-refractivity contribution in [2.75, 3.05) is 13.2 Å². The predicted molar refractivity (Wildman–Crippen MR) is 114 cm³/mol. The molecule has 4 aromatic rings. The standard InChI is InChI=1S/C24H26N2O/c1-2-27-18-13-14-23-22(16-18)21(11-5-6-15-25)24(26-23)20-12-7-9-17-8-3-4-10-19(17)20/h3-4,7-10,12-14,16,26H,2,5-6,11,15,25H2,1H3. The van der Waals surface area contributed by atoms with E-state index in [1.54, 1.807) is 0 Å². The van der Waals surface area contributed by atoms with Crippen LogP contribution in [0.15, 0.2) is 60.7 Å². The van der Waals surface area contributed by atoms with Crippen LogP contribution in [0.3, 0.4) is 0 Å². The van der Waals surface area contributed by atoms with Gasteiger partial charge in [-0.3, -0.25) is 0 Å². The quantitative estimate of drug-likeness (QED) is 0.418. The van der Waals surface area contributed by atoms with Gasteiger partial charge >= 0.3 is 0 Å². The minimum atomic E-state index is 0.675. The number of hydrogen-bond acceptors (Lipinski definition) is 2. The number of benzene rings is 3. The van der Waals surface area contributed by atoms with Crippen LogP contribution in [0.2, 0.25) is 0 Å². The average molecular weight is 358 g/mol. The molecule has 0 radical (unpaired) electrons. The Morgan fingerprint density at radius 3 is 2.63 bits per heavy atom. The third-order valence-electron chi connectivity index (χ3n) is 5.13. The van der Waals surface area contributed by atoms with Gasteiger partial charge in [-0.15, -0.1) is 0 Å². The van der Waals surface area contributed by atoms with E-state index in [-0.39, 0.29) is 0 Å². The molecule has 0 saturated carbocycles. The smallest absolute Gasteiger partial charge is 0.120 e. The Labute approximate surface area is 160 Å².